The second kappa shape index (κ2) is 6.00. The Morgan fingerprint density at radius 3 is 2.53 bits per heavy atom. The standard InChI is InChI=1S/C12H23N3O2/c1-8(13)11(16)14-10-6-4-5-9(7-10)12(17)15(2)3/h8-10H,4-7,13H2,1-3H3,(H,14,16)/t8-,9?,10?/m1/s1. The SMILES string of the molecule is C[C@@H](N)C(=O)NC1CCCC(C(=O)N(C)C)C1. The van der Waals surface area contributed by atoms with Crippen molar-refractivity contribution < 1.29 is 9.59 Å². The van der Waals surface area contributed by atoms with Crippen LogP contribution in [0.3, 0.4) is 0 Å². The maximum Gasteiger partial charge on any atom is 0.236 e. The summed E-state index contributed by atoms with van der Waals surface area (Å²) in [5.41, 5.74) is 5.51. The summed E-state index contributed by atoms with van der Waals surface area (Å²) in [4.78, 5) is 25.0. The van der Waals surface area contributed by atoms with Crippen LogP contribution in [0.4, 0.5) is 0 Å². The number of nitrogens with two attached hydrogens (primary N) is 1. The molecule has 0 aliphatic heterocycles. The molecule has 1 saturated carbocycles. The minimum Gasteiger partial charge on any atom is -0.352 e. The Hall–Kier alpha value is -1.10. The summed E-state index contributed by atoms with van der Waals surface area (Å²) in [6, 6.07) is -0.393. The van der Waals surface area contributed by atoms with Crippen molar-refractivity contribution in [2.45, 2.75) is 44.7 Å². The zero-order valence-corrected chi connectivity index (χ0v) is 10.9. The zero-order valence-electron chi connectivity index (χ0n) is 10.9. The van der Waals surface area contributed by atoms with Gasteiger partial charge in [-0.2, -0.15) is 0 Å². The molecular formula is C12H23N3O2. The molecule has 17 heavy (non-hydrogen) atoms. The van der Waals surface area contributed by atoms with Crippen molar-refractivity contribution in [1.82, 2.24) is 10.2 Å². The van der Waals surface area contributed by atoms with Gasteiger partial charge in [0.25, 0.3) is 0 Å². The number of carbonyl (C=O) groups is 2. The summed E-state index contributed by atoms with van der Waals surface area (Å²) in [6.45, 7) is 1.67. The van der Waals surface area contributed by atoms with Crippen LogP contribution in [0.5, 0.6) is 0 Å². The largest absolute Gasteiger partial charge is 0.352 e. The average Bonchev–Trinajstić information content (AvgIpc) is 2.28. The minimum atomic E-state index is -0.486. The lowest BCUT2D eigenvalue weighted by Gasteiger charge is -2.30. The van der Waals surface area contributed by atoms with Gasteiger partial charge in [0.1, 0.15) is 0 Å². The van der Waals surface area contributed by atoms with Gasteiger partial charge in [0.2, 0.25) is 11.8 Å². The van der Waals surface area contributed by atoms with Crippen LogP contribution in [-0.2, 0) is 9.59 Å². The Morgan fingerprint density at radius 1 is 1.35 bits per heavy atom. The van der Waals surface area contributed by atoms with Gasteiger partial charge in [-0.1, -0.05) is 6.42 Å². The van der Waals surface area contributed by atoms with Gasteiger partial charge < -0.3 is 16.0 Å². The molecule has 98 valence electrons. The van der Waals surface area contributed by atoms with E-state index in [1.165, 1.54) is 0 Å². The smallest absolute Gasteiger partial charge is 0.236 e. The third-order valence-corrected chi connectivity index (χ3v) is 3.22. The number of amides is 2. The molecule has 0 aromatic carbocycles. The van der Waals surface area contributed by atoms with Gasteiger partial charge in [0.05, 0.1) is 6.04 Å². The fourth-order valence-corrected chi connectivity index (χ4v) is 2.24. The highest BCUT2D eigenvalue weighted by Crippen LogP contribution is 2.25. The molecule has 1 fully saturated rings. The Labute approximate surface area is 103 Å². The number of rotatable bonds is 3. The van der Waals surface area contributed by atoms with Crippen molar-refractivity contribution in [3.8, 4) is 0 Å². The predicted molar refractivity (Wildman–Crippen MR) is 66.2 cm³/mol. The highest BCUT2D eigenvalue weighted by molar-refractivity contribution is 5.81. The lowest BCUT2D eigenvalue weighted by atomic mass is 9.85. The molecule has 0 heterocycles. The van der Waals surface area contributed by atoms with Crippen molar-refractivity contribution in [3.63, 3.8) is 0 Å². The van der Waals surface area contributed by atoms with Gasteiger partial charge in [-0.25, -0.2) is 0 Å². The highest BCUT2D eigenvalue weighted by Gasteiger charge is 2.29. The fraction of sp³-hybridized carbons (Fsp3) is 0.833. The first-order chi connectivity index (χ1) is 7.91. The molecule has 1 aliphatic carbocycles. The van der Waals surface area contributed by atoms with E-state index in [0.717, 1.165) is 25.7 Å². The molecule has 1 aliphatic rings. The summed E-state index contributed by atoms with van der Waals surface area (Å²) in [5.74, 6) is 0.0647. The number of nitrogens with one attached hydrogen (secondary N) is 1. The van der Waals surface area contributed by atoms with Gasteiger partial charge in [-0.15, -0.1) is 0 Å². The van der Waals surface area contributed by atoms with Gasteiger partial charge in [0.15, 0.2) is 0 Å². The van der Waals surface area contributed by atoms with E-state index in [1.807, 2.05) is 0 Å². The van der Waals surface area contributed by atoms with Crippen LogP contribution in [0.1, 0.15) is 32.6 Å². The lowest BCUT2D eigenvalue weighted by Crippen LogP contribution is -2.47. The molecule has 0 aromatic rings. The van der Waals surface area contributed by atoms with Crippen molar-refractivity contribution in [2.24, 2.45) is 11.7 Å². The Morgan fingerprint density at radius 2 is 2.00 bits per heavy atom. The van der Waals surface area contributed by atoms with E-state index < -0.39 is 6.04 Å². The summed E-state index contributed by atoms with van der Waals surface area (Å²) in [7, 11) is 3.54. The van der Waals surface area contributed by atoms with Crippen molar-refractivity contribution in [1.29, 1.82) is 0 Å². The fourth-order valence-electron chi connectivity index (χ4n) is 2.24. The van der Waals surface area contributed by atoms with Crippen LogP contribution in [0.15, 0.2) is 0 Å². The maximum atomic E-state index is 11.9. The van der Waals surface area contributed by atoms with E-state index in [1.54, 1.807) is 25.9 Å². The molecule has 0 radical (unpaired) electrons. The topological polar surface area (TPSA) is 75.4 Å². The predicted octanol–water partition coefficient (Wildman–Crippen LogP) is 0.0968. The molecule has 0 saturated heterocycles. The lowest BCUT2D eigenvalue weighted by molar-refractivity contribution is -0.134. The van der Waals surface area contributed by atoms with E-state index >= 15 is 0 Å². The third-order valence-electron chi connectivity index (χ3n) is 3.22. The molecule has 3 N–H and O–H groups in total. The molecule has 5 heteroatoms. The summed E-state index contributed by atoms with van der Waals surface area (Å²) in [5, 5.41) is 2.91. The number of hydrogen-bond acceptors (Lipinski definition) is 3. The average molecular weight is 241 g/mol. The number of hydrogen-bond donors (Lipinski definition) is 2. The van der Waals surface area contributed by atoms with Crippen LogP contribution in [0, 0.1) is 5.92 Å². The quantitative estimate of drug-likeness (QED) is 0.735. The Bertz CT molecular complexity index is 289. The van der Waals surface area contributed by atoms with Crippen molar-refractivity contribution in [2.75, 3.05) is 14.1 Å². The first-order valence-corrected chi connectivity index (χ1v) is 6.19. The van der Waals surface area contributed by atoms with E-state index in [4.69, 9.17) is 5.73 Å². The molecule has 0 spiro atoms. The van der Waals surface area contributed by atoms with Crippen molar-refractivity contribution >= 4 is 11.8 Å². The zero-order chi connectivity index (χ0) is 13.0. The van der Waals surface area contributed by atoms with Gasteiger partial charge in [-0.3, -0.25) is 9.59 Å². The first-order valence-electron chi connectivity index (χ1n) is 6.19. The van der Waals surface area contributed by atoms with E-state index in [9.17, 15) is 9.59 Å². The van der Waals surface area contributed by atoms with Crippen LogP contribution in [0.2, 0.25) is 0 Å². The normalized spacial score (nSPS) is 26.1. The second-order valence-electron chi connectivity index (χ2n) is 5.09. The van der Waals surface area contributed by atoms with Crippen LogP contribution in [-0.4, -0.2) is 42.9 Å². The van der Waals surface area contributed by atoms with Crippen LogP contribution in [0.25, 0.3) is 0 Å². The first kappa shape index (κ1) is 14.0. The molecular weight excluding hydrogens is 218 g/mol. The van der Waals surface area contributed by atoms with E-state index in [0.29, 0.717) is 0 Å². The molecule has 2 amide bonds. The molecule has 0 aromatic heterocycles. The summed E-state index contributed by atoms with van der Waals surface area (Å²) < 4.78 is 0. The van der Waals surface area contributed by atoms with Crippen molar-refractivity contribution in [3.05, 3.63) is 0 Å². The van der Waals surface area contributed by atoms with Crippen LogP contribution < -0.4 is 11.1 Å². The minimum absolute atomic E-state index is 0.0390. The van der Waals surface area contributed by atoms with Gasteiger partial charge >= 0.3 is 0 Å². The monoisotopic (exact) mass is 241 g/mol. The molecule has 1 rings (SSSR count). The van der Waals surface area contributed by atoms with Gasteiger partial charge in [-0.05, 0) is 26.2 Å². The number of nitrogens with zero attached hydrogens (tertiary/aromatic N) is 1. The van der Waals surface area contributed by atoms with E-state index in [-0.39, 0.29) is 23.8 Å². The maximum absolute atomic E-state index is 11.9. The Balaban J connectivity index is 2.49. The second-order valence-corrected chi connectivity index (χ2v) is 5.09. The Kier molecular flexibility index (Phi) is 4.93. The highest BCUT2D eigenvalue weighted by atomic mass is 16.2. The van der Waals surface area contributed by atoms with Crippen LogP contribution >= 0.6 is 0 Å². The molecule has 5 nitrogen and oxygen atoms in total. The molecule has 0 bridgehead atoms. The van der Waals surface area contributed by atoms with Gasteiger partial charge in [0, 0.05) is 26.1 Å². The summed E-state index contributed by atoms with van der Waals surface area (Å²) >= 11 is 0. The molecule has 3 atom stereocenters. The summed E-state index contributed by atoms with van der Waals surface area (Å²) in [6.07, 6.45) is 3.57. The number of carbonyl (C=O) groups excluding carboxylic acids is 2. The molecule has 2 unspecified atom stereocenters. The third kappa shape index (κ3) is 4.00. The van der Waals surface area contributed by atoms with E-state index in [2.05, 4.69) is 5.32 Å².